The second kappa shape index (κ2) is 12.6. The van der Waals surface area contributed by atoms with Crippen LogP contribution < -0.4 is 10.7 Å². The van der Waals surface area contributed by atoms with Crippen molar-refractivity contribution in [1.29, 1.82) is 0 Å². The number of esters is 2. The summed E-state index contributed by atoms with van der Waals surface area (Å²) in [5, 5.41) is 2.28. The fraction of sp³-hybridized carbons (Fsp3) is 0.436. The Bertz CT molecular complexity index is 1990. The largest absolute Gasteiger partial charge is 0.469 e. The molecular formula is C39H46N4O4. The van der Waals surface area contributed by atoms with Gasteiger partial charge in [-0.25, -0.2) is 9.98 Å². The first kappa shape index (κ1) is 32.5. The van der Waals surface area contributed by atoms with Crippen LogP contribution >= 0.6 is 0 Å². The quantitative estimate of drug-likeness (QED) is 0.312. The molecule has 6 rings (SSSR count). The molecule has 0 spiro atoms. The molecule has 47 heavy (non-hydrogen) atoms. The Labute approximate surface area is 277 Å². The van der Waals surface area contributed by atoms with Gasteiger partial charge < -0.3 is 18.9 Å². The van der Waals surface area contributed by atoms with Gasteiger partial charge in [-0.3, -0.25) is 9.59 Å². The zero-order chi connectivity index (χ0) is 33.7. The first-order chi connectivity index (χ1) is 22.5. The van der Waals surface area contributed by atoms with E-state index in [1.165, 1.54) is 42.1 Å². The van der Waals surface area contributed by atoms with Crippen LogP contribution in [0.4, 0.5) is 0 Å². The first-order valence-corrected chi connectivity index (χ1v) is 16.8. The minimum atomic E-state index is -0.243. The highest BCUT2D eigenvalue weighted by atomic mass is 16.5. The fourth-order valence-corrected chi connectivity index (χ4v) is 7.83. The summed E-state index contributed by atoms with van der Waals surface area (Å²) in [6.07, 6.45) is 13.0. The number of allylic oxidation sites excluding steroid dienone is 8. The minimum Gasteiger partial charge on any atom is -0.469 e. The smallest absolute Gasteiger partial charge is 0.305 e. The Hall–Kier alpha value is -4.46. The SMILES string of the molecule is CCC1=C(C)C2=NC1=CC1=C(C)CC(CCC(=O)OC)=C3C=C4N=C(C=c5c(C)c(CC)c(n5C(C)N13)=C2)C(C)=C4CCC(=O)OC. The number of carbonyl (C=O) groups excluding carboxylic acids is 2. The van der Waals surface area contributed by atoms with Gasteiger partial charge in [0.1, 0.15) is 6.17 Å². The summed E-state index contributed by atoms with van der Waals surface area (Å²) in [7, 11) is 2.87. The lowest BCUT2D eigenvalue weighted by Crippen LogP contribution is -2.42. The van der Waals surface area contributed by atoms with Gasteiger partial charge >= 0.3 is 11.9 Å². The molecule has 6 bridgehead atoms. The van der Waals surface area contributed by atoms with Gasteiger partial charge in [0.2, 0.25) is 0 Å². The fourth-order valence-electron chi connectivity index (χ4n) is 7.83. The number of hydrogen-bond donors (Lipinski definition) is 0. The van der Waals surface area contributed by atoms with Crippen LogP contribution in [0.5, 0.6) is 0 Å². The minimum absolute atomic E-state index is 0.117. The van der Waals surface area contributed by atoms with Crippen molar-refractivity contribution in [3.8, 4) is 0 Å². The van der Waals surface area contributed by atoms with Crippen LogP contribution in [0.25, 0.3) is 12.2 Å². The monoisotopic (exact) mass is 634 g/mol. The summed E-state index contributed by atoms with van der Waals surface area (Å²) in [6, 6.07) is 0. The lowest BCUT2D eigenvalue weighted by molar-refractivity contribution is -0.141. The van der Waals surface area contributed by atoms with Crippen molar-refractivity contribution in [2.24, 2.45) is 9.98 Å². The van der Waals surface area contributed by atoms with E-state index in [4.69, 9.17) is 19.5 Å². The predicted octanol–water partition coefficient (Wildman–Crippen LogP) is 6.33. The highest BCUT2D eigenvalue weighted by Crippen LogP contribution is 2.43. The van der Waals surface area contributed by atoms with Crippen LogP contribution in [-0.2, 0) is 25.5 Å². The molecular weight excluding hydrogens is 588 g/mol. The second-order valence-corrected chi connectivity index (χ2v) is 13.0. The molecule has 1 aromatic rings. The number of aliphatic imine (C=N–C) groups is 2. The molecule has 6 heterocycles. The summed E-state index contributed by atoms with van der Waals surface area (Å²) in [5.41, 5.74) is 15.5. The van der Waals surface area contributed by atoms with Gasteiger partial charge in [0.05, 0.1) is 37.0 Å². The molecule has 5 aliphatic heterocycles. The van der Waals surface area contributed by atoms with Gasteiger partial charge in [-0.15, -0.1) is 0 Å². The van der Waals surface area contributed by atoms with Gasteiger partial charge in [-0.1, -0.05) is 13.8 Å². The third-order valence-corrected chi connectivity index (χ3v) is 10.4. The van der Waals surface area contributed by atoms with Crippen LogP contribution in [0.15, 0.2) is 78.4 Å². The standard InChI is InChI=1S/C39H46N4O4/c1-10-27-22(4)31-18-37-28(11-2)24(6)35-17-30-23(5)29(13-15-39(45)47-9)33(41-30)20-36-26(12-14-38(44)46-8)16-21(3)34(19-32(27)40-31)42(36)25(7)43(35)37/h17-20,25H,10-16H2,1-9H3. The lowest BCUT2D eigenvalue weighted by Gasteiger charge is -2.40. The molecule has 0 aliphatic carbocycles. The van der Waals surface area contributed by atoms with Crippen molar-refractivity contribution in [2.75, 3.05) is 14.2 Å². The molecule has 5 aliphatic rings. The van der Waals surface area contributed by atoms with E-state index in [0.717, 1.165) is 80.9 Å². The zero-order valence-corrected chi connectivity index (χ0v) is 29.3. The second-order valence-electron chi connectivity index (χ2n) is 13.0. The molecule has 0 radical (unpaired) electrons. The van der Waals surface area contributed by atoms with Crippen molar-refractivity contribution in [2.45, 2.75) is 99.6 Å². The average molecular weight is 635 g/mol. The summed E-state index contributed by atoms with van der Waals surface area (Å²) in [6.45, 7) is 15.4. The predicted molar refractivity (Wildman–Crippen MR) is 187 cm³/mol. The Morgan fingerprint density at radius 3 is 1.98 bits per heavy atom. The van der Waals surface area contributed by atoms with Crippen LogP contribution in [0, 0.1) is 6.92 Å². The van der Waals surface area contributed by atoms with E-state index < -0.39 is 0 Å². The molecule has 0 amide bonds. The molecule has 1 aromatic heterocycles. The van der Waals surface area contributed by atoms with Crippen LogP contribution in [-0.4, -0.2) is 47.0 Å². The molecule has 8 nitrogen and oxygen atoms in total. The summed E-state index contributed by atoms with van der Waals surface area (Å²) in [4.78, 5) is 37.7. The van der Waals surface area contributed by atoms with E-state index in [1.54, 1.807) is 0 Å². The molecule has 0 aromatic carbocycles. The Balaban J connectivity index is 1.74. The van der Waals surface area contributed by atoms with Crippen molar-refractivity contribution < 1.29 is 19.1 Å². The maximum Gasteiger partial charge on any atom is 0.305 e. The molecule has 0 N–H and O–H groups in total. The van der Waals surface area contributed by atoms with Gasteiger partial charge in [-0.2, -0.15) is 0 Å². The number of nitrogens with zero attached hydrogens (tertiary/aromatic N) is 4. The molecule has 0 saturated carbocycles. The van der Waals surface area contributed by atoms with Crippen molar-refractivity contribution in [1.82, 2.24) is 9.47 Å². The lowest BCUT2D eigenvalue weighted by atomic mass is 9.91. The Kier molecular flexibility index (Phi) is 8.72. The van der Waals surface area contributed by atoms with Gasteiger partial charge in [0.25, 0.3) is 0 Å². The highest BCUT2D eigenvalue weighted by Gasteiger charge is 2.34. The van der Waals surface area contributed by atoms with Crippen molar-refractivity contribution in [3.63, 3.8) is 0 Å². The molecule has 8 heteroatoms. The number of fused-ring (bicyclic) bond motifs is 2. The van der Waals surface area contributed by atoms with E-state index in [2.05, 4.69) is 82.2 Å². The van der Waals surface area contributed by atoms with E-state index in [9.17, 15) is 9.59 Å². The number of methoxy groups -OCH3 is 2. The first-order valence-electron chi connectivity index (χ1n) is 16.8. The van der Waals surface area contributed by atoms with Gasteiger partial charge in [0, 0.05) is 34.9 Å². The number of hydrogen-bond acceptors (Lipinski definition) is 7. The normalized spacial score (nSPS) is 20.0. The maximum atomic E-state index is 12.5. The van der Waals surface area contributed by atoms with Crippen LogP contribution in [0.3, 0.4) is 0 Å². The average Bonchev–Trinajstić information content (AvgIpc) is 3.61. The molecule has 0 saturated heterocycles. The molecule has 1 atom stereocenters. The topological polar surface area (TPSA) is 85.5 Å². The van der Waals surface area contributed by atoms with Gasteiger partial charge in [0.15, 0.2) is 0 Å². The third-order valence-electron chi connectivity index (χ3n) is 10.4. The van der Waals surface area contributed by atoms with E-state index in [-0.39, 0.29) is 24.5 Å². The van der Waals surface area contributed by atoms with E-state index >= 15 is 0 Å². The Morgan fingerprint density at radius 1 is 0.787 bits per heavy atom. The molecule has 0 fully saturated rings. The molecule has 1 unspecified atom stereocenters. The number of rotatable bonds is 8. The summed E-state index contributed by atoms with van der Waals surface area (Å²) in [5.74, 6) is -0.472. The van der Waals surface area contributed by atoms with E-state index in [0.29, 0.717) is 19.3 Å². The maximum absolute atomic E-state index is 12.5. The number of aromatic nitrogens is 1. The van der Waals surface area contributed by atoms with Crippen molar-refractivity contribution >= 4 is 35.5 Å². The van der Waals surface area contributed by atoms with Crippen molar-refractivity contribution in [3.05, 3.63) is 90.2 Å². The molecule has 246 valence electrons. The number of carbonyl (C=O) groups is 2. The zero-order valence-electron chi connectivity index (χ0n) is 29.3. The highest BCUT2D eigenvalue weighted by molar-refractivity contribution is 6.24. The third kappa shape index (κ3) is 5.41. The van der Waals surface area contributed by atoms with Gasteiger partial charge in [-0.05, 0) is 136 Å². The summed E-state index contributed by atoms with van der Waals surface area (Å²) >= 11 is 0. The van der Waals surface area contributed by atoms with Crippen LogP contribution in [0.2, 0.25) is 0 Å². The van der Waals surface area contributed by atoms with Crippen LogP contribution in [0.1, 0.15) is 97.4 Å². The number of ether oxygens (including phenoxy) is 2. The Morgan fingerprint density at radius 2 is 1.36 bits per heavy atom. The van der Waals surface area contributed by atoms with E-state index in [1.807, 2.05) is 0 Å². The summed E-state index contributed by atoms with van der Waals surface area (Å²) < 4.78 is 12.6.